The second kappa shape index (κ2) is 5.18. The quantitative estimate of drug-likeness (QED) is 0.914. The van der Waals surface area contributed by atoms with Crippen LogP contribution in [0.3, 0.4) is 0 Å². The Labute approximate surface area is 112 Å². The molecule has 1 aromatic rings. The zero-order chi connectivity index (χ0) is 14.1. The number of benzene rings is 1. The molecule has 0 saturated heterocycles. The molecule has 8 heteroatoms. The van der Waals surface area contributed by atoms with E-state index in [1.54, 1.807) is 13.8 Å². The van der Waals surface area contributed by atoms with Crippen molar-refractivity contribution in [2.75, 3.05) is 0 Å². The lowest BCUT2D eigenvalue weighted by Crippen LogP contribution is -2.30. The molecule has 0 unspecified atom stereocenters. The summed E-state index contributed by atoms with van der Waals surface area (Å²) >= 11 is 2.75. The van der Waals surface area contributed by atoms with Gasteiger partial charge in [0.05, 0.1) is 10.5 Å². The number of hydrogen-bond donors (Lipinski definition) is 1. The highest BCUT2D eigenvalue weighted by Crippen LogP contribution is 2.36. The maximum Gasteiger partial charge on any atom is 0.417 e. The van der Waals surface area contributed by atoms with Gasteiger partial charge < -0.3 is 0 Å². The molecule has 0 radical (unpaired) electrons. The predicted octanol–water partition coefficient (Wildman–Crippen LogP) is 3.15. The van der Waals surface area contributed by atoms with Gasteiger partial charge in [0.15, 0.2) is 0 Å². The van der Waals surface area contributed by atoms with Gasteiger partial charge in [0, 0.05) is 10.5 Å². The van der Waals surface area contributed by atoms with Gasteiger partial charge in [-0.2, -0.15) is 13.2 Å². The van der Waals surface area contributed by atoms with Crippen molar-refractivity contribution in [2.24, 2.45) is 0 Å². The minimum absolute atomic E-state index is 0.196. The minimum Gasteiger partial charge on any atom is -0.209 e. The van der Waals surface area contributed by atoms with Crippen LogP contribution in [0.15, 0.2) is 27.6 Å². The molecule has 0 spiro atoms. The van der Waals surface area contributed by atoms with Crippen molar-refractivity contribution in [3.8, 4) is 0 Å². The Kier molecular flexibility index (Phi) is 4.45. The van der Waals surface area contributed by atoms with Gasteiger partial charge >= 0.3 is 6.18 Å². The van der Waals surface area contributed by atoms with E-state index in [2.05, 4.69) is 20.7 Å². The van der Waals surface area contributed by atoms with Crippen LogP contribution in [0.4, 0.5) is 13.2 Å². The SMILES string of the molecule is CC(C)NS(=O)(=O)c1ccc(Br)c(C(F)(F)F)c1. The van der Waals surface area contributed by atoms with E-state index in [1.807, 2.05) is 0 Å². The standard InChI is InChI=1S/C10H11BrF3NO2S/c1-6(2)15-18(16,17)7-3-4-9(11)8(5-7)10(12,13)14/h3-6,15H,1-2H3. The molecule has 1 N–H and O–H groups in total. The molecule has 0 amide bonds. The van der Waals surface area contributed by atoms with E-state index in [-0.39, 0.29) is 4.47 Å². The molecule has 1 aromatic carbocycles. The van der Waals surface area contributed by atoms with Crippen LogP contribution in [0.1, 0.15) is 19.4 Å². The number of alkyl halides is 3. The summed E-state index contributed by atoms with van der Waals surface area (Å²) < 4.78 is 63.4. The van der Waals surface area contributed by atoms with E-state index < -0.39 is 32.7 Å². The summed E-state index contributed by atoms with van der Waals surface area (Å²) in [4.78, 5) is -0.410. The number of sulfonamides is 1. The summed E-state index contributed by atoms with van der Waals surface area (Å²) in [6.07, 6.45) is -4.61. The van der Waals surface area contributed by atoms with E-state index in [0.717, 1.165) is 12.1 Å². The highest BCUT2D eigenvalue weighted by molar-refractivity contribution is 9.10. The molecule has 0 aliphatic carbocycles. The first-order valence-corrected chi connectivity index (χ1v) is 7.21. The highest BCUT2D eigenvalue weighted by Gasteiger charge is 2.34. The predicted molar refractivity (Wildman–Crippen MR) is 64.6 cm³/mol. The normalized spacial score (nSPS) is 13.1. The van der Waals surface area contributed by atoms with Gasteiger partial charge in [-0.3, -0.25) is 0 Å². The fourth-order valence-corrected chi connectivity index (χ4v) is 3.02. The van der Waals surface area contributed by atoms with Crippen LogP contribution in [-0.2, 0) is 16.2 Å². The number of nitrogens with one attached hydrogen (secondary N) is 1. The molecule has 0 saturated carbocycles. The average molecular weight is 346 g/mol. The molecular weight excluding hydrogens is 335 g/mol. The van der Waals surface area contributed by atoms with Crippen LogP contribution in [0.2, 0.25) is 0 Å². The average Bonchev–Trinajstić information content (AvgIpc) is 2.13. The minimum atomic E-state index is -4.61. The molecule has 3 nitrogen and oxygen atoms in total. The van der Waals surface area contributed by atoms with Gasteiger partial charge in [0.1, 0.15) is 0 Å². The zero-order valence-corrected chi connectivity index (χ0v) is 11.9. The summed E-state index contributed by atoms with van der Waals surface area (Å²) in [5, 5.41) is 0. The Balaban J connectivity index is 3.30. The monoisotopic (exact) mass is 345 g/mol. The summed E-state index contributed by atoms with van der Waals surface area (Å²) in [5.41, 5.74) is -1.02. The van der Waals surface area contributed by atoms with E-state index in [0.29, 0.717) is 6.07 Å². The van der Waals surface area contributed by atoms with Crippen molar-refractivity contribution in [2.45, 2.75) is 31.0 Å². The lowest BCUT2D eigenvalue weighted by molar-refractivity contribution is -0.138. The molecule has 0 bridgehead atoms. The van der Waals surface area contributed by atoms with Gasteiger partial charge in [0.25, 0.3) is 0 Å². The number of halogens is 4. The lowest BCUT2D eigenvalue weighted by Gasteiger charge is -2.13. The van der Waals surface area contributed by atoms with Crippen molar-refractivity contribution in [1.29, 1.82) is 0 Å². The van der Waals surface area contributed by atoms with Gasteiger partial charge in [-0.05, 0) is 32.0 Å². The Morgan fingerprint density at radius 2 is 1.83 bits per heavy atom. The topological polar surface area (TPSA) is 46.2 Å². The molecule has 18 heavy (non-hydrogen) atoms. The van der Waals surface area contributed by atoms with Crippen molar-refractivity contribution in [3.63, 3.8) is 0 Å². The lowest BCUT2D eigenvalue weighted by atomic mass is 10.2. The van der Waals surface area contributed by atoms with E-state index in [1.165, 1.54) is 0 Å². The third-order valence-corrected chi connectivity index (χ3v) is 4.29. The van der Waals surface area contributed by atoms with E-state index in [4.69, 9.17) is 0 Å². The van der Waals surface area contributed by atoms with Crippen molar-refractivity contribution >= 4 is 26.0 Å². The van der Waals surface area contributed by atoms with Crippen molar-refractivity contribution in [3.05, 3.63) is 28.2 Å². The summed E-state index contributed by atoms with van der Waals surface area (Å²) in [5.74, 6) is 0. The van der Waals surface area contributed by atoms with Crippen LogP contribution in [0, 0.1) is 0 Å². The van der Waals surface area contributed by atoms with Crippen molar-refractivity contribution in [1.82, 2.24) is 4.72 Å². The maximum atomic E-state index is 12.6. The largest absolute Gasteiger partial charge is 0.417 e. The molecule has 0 aliphatic heterocycles. The molecule has 0 aliphatic rings. The van der Waals surface area contributed by atoms with Crippen LogP contribution >= 0.6 is 15.9 Å². The third-order valence-electron chi connectivity index (χ3n) is 1.94. The van der Waals surface area contributed by atoms with Gasteiger partial charge in [0.2, 0.25) is 10.0 Å². The molecule has 0 fully saturated rings. The smallest absolute Gasteiger partial charge is 0.209 e. The second-order valence-electron chi connectivity index (χ2n) is 3.92. The first-order valence-electron chi connectivity index (χ1n) is 4.93. The van der Waals surface area contributed by atoms with Gasteiger partial charge in [-0.15, -0.1) is 0 Å². The fourth-order valence-electron chi connectivity index (χ4n) is 1.27. The van der Waals surface area contributed by atoms with Crippen LogP contribution in [0.5, 0.6) is 0 Å². The third kappa shape index (κ3) is 3.69. The molecular formula is C10H11BrF3NO2S. The number of rotatable bonds is 3. The molecule has 0 aromatic heterocycles. The Bertz CT molecular complexity index is 541. The summed E-state index contributed by atoms with van der Waals surface area (Å²) in [7, 11) is -3.93. The molecule has 0 atom stereocenters. The zero-order valence-electron chi connectivity index (χ0n) is 9.55. The fraction of sp³-hybridized carbons (Fsp3) is 0.400. The first-order chi connectivity index (χ1) is 8.04. The first kappa shape index (κ1) is 15.5. The van der Waals surface area contributed by atoms with Crippen LogP contribution < -0.4 is 4.72 Å². The van der Waals surface area contributed by atoms with E-state index >= 15 is 0 Å². The Morgan fingerprint density at radius 3 is 2.28 bits per heavy atom. The Hall–Kier alpha value is -0.600. The highest BCUT2D eigenvalue weighted by atomic mass is 79.9. The van der Waals surface area contributed by atoms with Crippen LogP contribution in [0.25, 0.3) is 0 Å². The van der Waals surface area contributed by atoms with Crippen molar-refractivity contribution < 1.29 is 21.6 Å². The summed E-state index contributed by atoms with van der Waals surface area (Å²) in [6, 6.07) is 2.39. The van der Waals surface area contributed by atoms with Gasteiger partial charge in [-0.25, -0.2) is 13.1 Å². The van der Waals surface area contributed by atoms with Gasteiger partial charge in [-0.1, -0.05) is 15.9 Å². The summed E-state index contributed by atoms with van der Waals surface area (Å²) in [6.45, 7) is 3.17. The maximum absolute atomic E-state index is 12.6. The Morgan fingerprint density at radius 1 is 1.28 bits per heavy atom. The molecule has 1 rings (SSSR count). The van der Waals surface area contributed by atoms with Crippen LogP contribution in [-0.4, -0.2) is 14.5 Å². The van der Waals surface area contributed by atoms with E-state index in [9.17, 15) is 21.6 Å². The molecule has 0 heterocycles. The second-order valence-corrected chi connectivity index (χ2v) is 6.48. The molecule has 102 valence electrons. The number of hydrogen-bond acceptors (Lipinski definition) is 2.